The van der Waals surface area contributed by atoms with Gasteiger partial charge in [-0.25, -0.2) is 4.79 Å². The number of carboxylic acid groups (broad SMARTS) is 1. The van der Waals surface area contributed by atoms with E-state index in [-0.39, 0.29) is 23.7 Å². The first kappa shape index (κ1) is 12.9. The highest BCUT2D eigenvalue weighted by Crippen LogP contribution is 2.28. The van der Waals surface area contributed by atoms with Crippen molar-refractivity contribution in [1.29, 1.82) is 0 Å². The maximum Gasteiger partial charge on any atom is 0.335 e. The molecule has 6 heteroatoms. The number of hydrogen-bond donors (Lipinski definition) is 2. The molecule has 100 valence electrons. The molecule has 1 aliphatic rings. The fourth-order valence-corrected chi connectivity index (χ4v) is 1.92. The predicted molar refractivity (Wildman–Crippen MR) is 68.6 cm³/mol. The SMILES string of the molecule is CCOc1ccc(N2C(=O)CC(C(=O)O)=C2N)cc1. The Morgan fingerprint density at radius 2 is 2.05 bits per heavy atom. The molecule has 1 heterocycles. The quantitative estimate of drug-likeness (QED) is 0.846. The average Bonchev–Trinajstić information content (AvgIpc) is 2.67. The van der Waals surface area contributed by atoms with Gasteiger partial charge in [0.05, 0.1) is 24.3 Å². The molecule has 0 aliphatic carbocycles. The Morgan fingerprint density at radius 1 is 1.42 bits per heavy atom. The highest BCUT2D eigenvalue weighted by molar-refractivity contribution is 6.08. The summed E-state index contributed by atoms with van der Waals surface area (Å²) in [5, 5.41) is 8.94. The molecule has 6 nitrogen and oxygen atoms in total. The number of hydrogen-bond acceptors (Lipinski definition) is 4. The smallest absolute Gasteiger partial charge is 0.335 e. The first-order valence-electron chi connectivity index (χ1n) is 5.82. The summed E-state index contributed by atoms with van der Waals surface area (Å²) in [4.78, 5) is 24.0. The Kier molecular flexibility index (Phi) is 3.41. The first-order valence-corrected chi connectivity index (χ1v) is 5.82. The molecule has 1 aromatic carbocycles. The van der Waals surface area contributed by atoms with Gasteiger partial charge in [-0.3, -0.25) is 9.69 Å². The maximum atomic E-state index is 11.8. The van der Waals surface area contributed by atoms with Gasteiger partial charge in [0.1, 0.15) is 11.6 Å². The van der Waals surface area contributed by atoms with Crippen LogP contribution in [0, 0.1) is 0 Å². The maximum absolute atomic E-state index is 11.8. The molecule has 0 fully saturated rings. The van der Waals surface area contributed by atoms with Crippen LogP contribution in [0.15, 0.2) is 35.7 Å². The van der Waals surface area contributed by atoms with Gasteiger partial charge in [-0.2, -0.15) is 0 Å². The number of carbonyl (C=O) groups excluding carboxylic acids is 1. The number of carboxylic acids is 1. The molecule has 0 aromatic heterocycles. The summed E-state index contributed by atoms with van der Waals surface area (Å²) in [7, 11) is 0. The van der Waals surface area contributed by atoms with Crippen molar-refractivity contribution in [1.82, 2.24) is 0 Å². The highest BCUT2D eigenvalue weighted by Gasteiger charge is 2.33. The molecular weight excluding hydrogens is 248 g/mol. The molecule has 1 aromatic rings. The summed E-state index contributed by atoms with van der Waals surface area (Å²) in [6, 6.07) is 6.75. The van der Waals surface area contributed by atoms with Crippen molar-refractivity contribution in [3.63, 3.8) is 0 Å². The number of nitrogens with zero attached hydrogens (tertiary/aromatic N) is 1. The summed E-state index contributed by atoms with van der Waals surface area (Å²) in [6.45, 7) is 2.42. The zero-order valence-corrected chi connectivity index (χ0v) is 10.4. The highest BCUT2D eigenvalue weighted by atomic mass is 16.5. The van der Waals surface area contributed by atoms with Gasteiger partial charge in [-0.05, 0) is 31.2 Å². The van der Waals surface area contributed by atoms with E-state index in [9.17, 15) is 9.59 Å². The standard InChI is InChI=1S/C13H14N2O4/c1-2-19-9-5-3-8(4-6-9)15-11(16)7-10(12(15)14)13(17)18/h3-6H,2,7,14H2,1H3,(H,17,18). The van der Waals surface area contributed by atoms with Crippen LogP contribution < -0.4 is 15.4 Å². The number of amides is 1. The van der Waals surface area contributed by atoms with Crippen LogP contribution in [0.4, 0.5) is 5.69 Å². The van der Waals surface area contributed by atoms with Crippen molar-refractivity contribution in [3.05, 3.63) is 35.7 Å². The molecule has 1 amide bonds. The van der Waals surface area contributed by atoms with E-state index in [1.54, 1.807) is 24.3 Å². The summed E-state index contributed by atoms with van der Waals surface area (Å²) >= 11 is 0. The molecule has 19 heavy (non-hydrogen) atoms. The lowest BCUT2D eigenvalue weighted by atomic mass is 10.2. The molecule has 0 bridgehead atoms. The summed E-state index contributed by atoms with van der Waals surface area (Å²) < 4.78 is 5.30. The second-order valence-corrected chi connectivity index (χ2v) is 4.00. The van der Waals surface area contributed by atoms with E-state index in [4.69, 9.17) is 15.6 Å². The molecule has 3 N–H and O–H groups in total. The summed E-state index contributed by atoms with van der Waals surface area (Å²) in [6.07, 6.45) is -0.186. The van der Waals surface area contributed by atoms with E-state index in [1.165, 1.54) is 4.90 Å². The van der Waals surface area contributed by atoms with Crippen molar-refractivity contribution in [2.75, 3.05) is 11.5 Å². The molecule has 0 atom stereocenters. The van der Waals surface area contributed by atoms with Gasteiger partial charge < -0.3 is 15.6 Å². The average molecular weight is 262 g/mol. The lowest BCUT2D eigenvalue weighted by molar-refractivity contribution is -0.133. The van der Waals surface area contributed by atoms with E-state index in [2.05, 4.69) is 0 Å². The van der Waals surface area contributed by atoms with Crippen LogP contribution >= 0.6 is 0 Å². The fourth-order valence-electron chi connectivity index (χ4n) is 1.92. The predicted octanol–water partition coefficient (Wildman–Crippen LogP) is 1.08. The second-order valence-electron chi connectivity index (χ2n) is 4.00. The molecule has 0 saturated carbocycles. The monoisotopic (exact) mass is 262 g/mol. The van der Waals surface area contributed by atoms with Gasteiger partial charge in [-0.1, -0.05) is 0 Å². The normalized spacial score (nSPS) is 15.0. The summed E-state index contributed by atoms with van der Waals surface area (Å²) in [5.74, 6) is -0.862. The third-order valence-corrected chi connectivity index (χ3v) is 2.79. The van der Waals surface area contributed by atoms with Crippen LogP contribution in [0.3, 0.4) is 0 Å². The molecule has 0 saturated heterocycles. The van der Waals surface area contributed by atoms with Gasteiger partial charge in [0.25, 0.3) is 0 Å². The minimum Gasteiger partial charge on any atom is -0.494 e. The largest absolute Gasteiger partial charge is 0.494 e. The van der Waals surface area contributed by atoms with Crippen molar-refractivity contribution in [2.45, 2.75) is 13.3 Å². The molecule has 0 unspecified atom stereocenters. The number of ether oxygens (including phenoxy) is 1. The van der Waals surface area contributed by atoms with E-state index in [1.807, 2.05) is 6.92 Å². The second kappa shape index (κ2) is 5.01. The van der Waals surface area contributed by atoms with Crippen LogP contribution in [-0.2, 0) is 9.59 Å². The van der Waals surface area contributed by atoms with Gasteiger partial charge in [-0.15, -0.1) is 0 Å². The van der Waals surface area contributed by atoms with E-state index >= 15 is 0 Å². The Balaban J connectivity index is 2.31. The van der Waals surface area contributed by atoms with Gasteiger partial charge in [0.2, 0.25) is 5.91 Å². The number of anilines is 1. The lowest BCUT2D eigenvalue weighted by Crippen LogP contribution is -2.28. The zero-order chi connectivity index (χ0) is 14.0. The third kappa shape index (κ3) is 2.37. The first-order chi connectivity index (χ1) is 9.04. The van der Waals surface area contributed by atoms with E-state index in [0.29, 0.717) is 18.0 Å². The minimum absolute atomic E-state index is 0.0262. The van der Waals surface area contributed by atoms with Crippen molar-refractivity contribution < 1.29 is 19.4 Å². The number of benzene rings is 1. The minimum atomic E-state index is -1.17. The fraction of sp³-hybridized carbons (Fsp3) is 0.231. The Bertz CT molecular complexity index is 548. The van der Waals surface area contributed by atoms with E-state index in [0.717, 1.165) is 0 Å². The lowest BCUT2D eigenvalue weighted by Gasteiger charge is -2.17. The third-order valence-electron chi connectivity index (χ3n) is 2.79. The number of nitrogens with two attached hydrogens (primary N) is 1. The van der Waals surface area contributed by atoms with Gasteiger partial charge in [0.15, 0.2) is 0 Å². The van der Waals surface area contributed by atoms with Crippen molar-refractivity contribution >= 4 is 17.6 Å². The van der Waals surface area contributed by atoms with Crippen LogP contribution in [0.25, 0.3) is 0 Å². The van der Waals surface area contributed by atoms with Crippen molar-refractivity contribution in [3.8, 4) is 5.75 Å². The van der Waals surface area contributed by atoms with Crippen LogP contribution in [0.5, 0.6) is 5.75 Å². The Hall–Kier alpha value is -2.50. The van der Waals surface area contributed by atoms with Crippen LogP contribution in [0.2, 0.25) is 0 Å². The molecule has 0 spiro atoms. The summed E-state index contributed by atoms with van der Waals surface area (Å²) in [5.41, 5.74) is 6.18. The van der Waals surface area contributed by atoms with E-state index < -0.39 is 5.97 Å². The number of aliphatic carboxylic acids is 1. The van der Waals surface area contributed by atoms with Crippen molar-refractivity contribution in [2.24, 2.45) is 5.73 Å². The van der Waals surface area contributed by atoms with Gasteiger partial charge in [0, 0.05) is 0 Å². The number of carbonyl (C=O) groups is 2. The molecule has 1 aliphatic heterocycles. The Morgan fingerprint density at radius 3 is 2.53 bits per heavy atom. The molecule has 0 radical (unpaired) electrons. The Labute approximate surface area is 110 Å². The van der Waals surface area contributed by atoms with Crippen LogP contribution in [-0.4, -0.2) is 23.6 Å². The zero-order valence-electron chi connectivity index (χ0n) is 10.4. The number of rotatable bonds is 4. The topological polar surface area (TPSA) is 92.9 Å². The molecule has 2 rings (SSSR count). The molecular formula is C13H14N2O4. The van der Waals surface area contributed by atoms with Gasteiger partial charge >= 0.3 is 5.97 Å². The van der Waals surface area contributed by atoms with Crippen LogP contribution in [0.1, 0.15) is 13.3 Å².